The molecule has 0 amide bonds. The van der Waals surface area contributed by atoms with Crippen molar-refractivity contribution in [2.75, 3.05) is 24.3 Å². The van der Waals surface area contributed by atoms with Crippen LogP contribution < -0.4 is 10.2 Å². The lowest BCUT2D eigenvalue weighted by Crippen LogP contribution is -2.17. The molecule has 0 saturated heterocycles. The zero-order valence-electron chi connectivity index (χ0n) is 10.9. The lowest BCUT2D eigenvalue weighted by atomic mass is 10.3. The first-order valence-corrected chi connectivity index (χ1v) is 5.62. The van der Waals surface area contributed by atoms with Crippen LogP contribution in [0, 0.1) is 0 Å². The fourth-order valence-corrected chi connectivity index (χ4v) is 1.59. The van der Waals surface area contributed by atoms with Crippen molar-refractivity contribution in [3.63, 3.8) is 0 Å². The van der Waals surface area contributed by atoms with Crippen molar-refractivity contribution in [3.8, 4) is 0 Å². The van der Waals surface area contributed by atoms with Gasteiger partial charge < -0.3 is 10.2 Å². The zero-order chi connectivity index (χ0) is 12.6. The number of hydrogen-bond donors (Lipinski definition) is 1. The molecule has 0 spiro atoms. The Labute approximate surface area is 101 Å². The van der Waals surface area contributed by atoms with Crippen molar-refractivity contribution in [1.29, 1.82) is 0 Å². The number of rotatable bonds is 3. The molecule has 0 bridgehead atoms. The van der Waals surface area contributed by atoms with Gasteiger partial charge in [0.1, 0.15) is 5.82 Å². The maximum Gasteiger partial charge on any atom is 0.228 e. The van der Waals surface area contributed by atoms with Gasteiger partial charge in [-0.15, -0.1) is 0 Å². The number of aromatic nitrogens is 4. The fraction of sp³-hybridized carbons (Fsp3) is 0.545. The monoisotopic (exact) mass is 234 g/mol. The summed E-state index contributed by atoms with van der Waals surface area (Å²) < 4.78 is 1.76. The zero-order valence-corrected chi connectivity index (χ0v) is 10.9. The number of hydrogen-bond acceptors (Lipinski definition) is 5. The molecule has 2 rings (SSSR count). The van der Waals surface area contributed by atoms with Gasteiger partial charge in [0, 0.05) is 27.2 Å². The predicted octanol–water partition coefficient (Wildman–Crippen LogP) is 1.25. The summed E-state index contributed by atoms with van der Waals surface area (Å²) in [6, 6.07) is 0.323. The molecule has 2 heterocycles. The Morgan fingerprint density at radius 2 is 2.00 bits per heavy atom. The molecule has 0 aliphatic carbocycles. The molecule has 1 N–H and O–H groups in total. The normalized spacial score (nSPS) is 11.2. The van der Waals surface area contributed by atoms with Crippen molar-refractivity contribution in [2.24, 2.45) is 7.05 Å². The minimum atomic E-state index is 0.323. The molecular formula is C11H18N6. The molecule has 0 aromatic carbocycles. The standard InChI is InChI=1S/C11H18N6/c1-7(2)13-9-8-6-12-17(5)10(8)15-11(14-9)16(3)4/h6-7H,1-5H3,(H,13,14,15). The largest absolute Gasteiger partial charge is 0.367 e. The molecule has 2 aromatic rings. The summed E-state index contributed by atoms with van der Waals surface area (Å²) in [5.74, 6) is 1.52. The van der Waals surface area contributed by atoms with Crippen LogP contribution in [-0.2, 0) is 7.05 Å². The van der Waals surface area contributed by atoms with Crippen LogP contribution in [0.15, 0.2) is 6.20 Å². The molecule has 6 heteroatoms. The van der Waals surface area contributed by atoms with E-state index in [9.17, 15) is 0 Å². The summed E-state index contributed by atoms with van der Waals surface area (Å²) >= 11 is 0. The third-order valence-electron chi connectivity index (χ3n) is 2.41. The first-order chi connectivity index (χ1) is 7.99. The Morgan fingerprint density at radius 1 is 1.29 bits per heavy atom. The van der Waals surface area contributed by atoms with Gasteiger partial charge in [0.25, 0.3) is 0 Å². The van der Waals surface area contributed by atoms with Crippen LogP contribution in [0.25, 0.3) is 11.0 Å². The summed E-state index contributed by atoms with van der Waals surface area (Å²) in [6.07, 6.45) is 1.79. The Morgan fingerprint density at radius 3 is 2.59 bits per heavy atom. The number of nitrogens with one attached hydrogen (secondary N) is 1. The molecule has 0 aliphatic heterocycles. The fourth-order valence-electron chi connectivity index (χ4n) is 1.59. The summed E-state index contributed by atoms with van der Waals surface area (Å²) in [4.78, 5) is 10.9. The van der Waals surface area contributed by atoms with Gasteiger partial charge in [0.15, 0.2) is 5.65 Å². The number of fused-ring (bicyclic) bond motifs is 1. The van der Waals surface area contributed by atoms with Gasteiger partial charge in [-0.05, 0) is 13.8 Å². The van der Waals surface area contributed by atoms with Crippen LogP contribution in [0.2, 0.25) is 0 Å². The smallest absolute Gasteiger partial charge is 0.228 e. The molecule has 0 saturated carbocycles. The van der Waals surface area contributed by atoms with Gasteiger partial charge in [-0.1, -0.05) is 0 Å². The highest BCUT2D eigenvalue weighted by Crippen LogP contribution is 2.22. The second-order valence-corrected chi connectivity index (χ2v) is 4.57. The third-order valence-corrected chi connectivity index (χ3v) is 2.41. The van der Waals surface area contributed by atoms with E-state index >= 15 is 0 Å². The van der Waals surface area contributed by atoms with Crippen LogP contribution in [0.3, 0.4) is 0 Å². The van der Waals surface area contributed by atoms with Gasteiger partial charge in [-0.3, -0.25) is 4.68 Å². The number of nitrogens with zero attached hydrogens (tertiary/aromatic N) is 5. The number of anilines is 2. The highest BCUT2D eigenvalue weighted by atomic mass is 15.3. The van der Waals surface area contributed by atoms with Crippen LogP contribution in [0.4, 0.5) is 11.8 Å². The summed E-state index contributed by atoms with van der Waals surface area (Å²) in [5.41, 5.74) is 0.840. The maximum absolute atomic E-state index is 4.50. The molecule has 0 atom stereocenters. The summed E-state index contributed by atoms with van der Waals surface area (Å²) in [7, 11) is 5.74. The van der Waals surface area contributed by atoms with E-state index in [-0.39, 0.29) is 0 Å². The highest BCUT2D eigenvalue weighted by Gasteiger charge is 2.12. The van der Waals surface area contributed by atoms with Gasteiger partial charge in [0.2, 0.25) is 5.95 Å². The molecule has 0 radical (unpaired) electrons. The first-order valence-electron chi connectivity index (χ1n) is 5.62. The molecule has 17 heavy (non-hydrogen) atoms. The van der Waals surface area contributed by atoms with Gasteiger partial charge >= 0.3 is 0 Å². The van der Waals surface area contributed by atoms with E-state index in [1.807, 2.05) is 26.0 Å². The van der Waals surface area contributed by atoms with Gasteiger partial charge in [-0.25, -0.2) is 0 Å². The van der Waals surface area contributed by atoms with Crippen LogP contribution >= 0.6 is 0 Å². The van der Waals surface area contributed by atoms with Crippen molar-refractivity contribution in [3.05, 3.63) is 6.20 Å². The molecule has 0 unspecified atom stereocenters. The Hall–Kier alpha value is -1.85. The Bertz CT molecular complexity index is 528. The van der Waals surface area contributed by atoms with E-state index in [1.54, 1.807) is 10.9 Å². The van der Waals surface area contributed by atoms with E-state index in [1.165, 1.54) is 0 Å². The van der Waals surface area contributed by atoms with E-state index in [0.717, 1.165) is 16.9 Å². The van der Waals surface area contributed by atoms with Gasteiger partial charge in [-0.2, -0.15) is 15.1 Å². The van der Waals surface area contributed by atoms with E-state index in [2.05, 4.69) is 34.2 Å². The van der Waals surface area contributed by atoms with Crippen molar-refractivity contribution < 1.29 is 0 Å². The second-order valence-electron chi connectivity index (χ2n) is 4.57. The lowest BCUT2D eigenvalue weighted by Gasteiger charge is -2.14. The van der Waals surface area contributed by atoms with Crippen molar-refractivity contribution in [2.45, 2.75) is 19.9 Å². The van der Waals surface area contributed by atoms with Crippen LogP contribution in [0.5, 0.6) is 0 Å². The summed E-state index contributed by atoms with van der Waals surface area (Å²) in [5, 5.41) is 8.50. The predicted molar refractivity (Wildman–Crippen MR) is 69.4 cm³/mol. The molecule has 0 aliphatic rings. The molecule has 6 nitrogen and oxygen atoms in total. The average molecular weight is 234 g/mol. The molecule has 2 aromatic heterocycles. The van der Waals surface area contributed by atoms with Crippen molar-refractivity contribution >= 4 is 22.8 Å². The molecule has 0 fully saturated rings. The SMILES string of the molecule is CC(C)Nc1nc(N(C)C)nc2c1cnn2C. The minimum Gasteiger partial charge on any atom is -0.367 e. The summed E-state index contributed by atoms with van der Waals surface area (Å²) in [6.45, 7) is 4.17. The average Bonchev–Trinajstić information content (AvgIpc) is 2.60. The second kappa shape index (κ2) is 4.20. The molecule has 92 valence electrons. The molecular weight excluding hydrogens is 216 g/mol. The quantitative estimate of drug-likeness (QED) is 0.866. The Balaban J connectivity index is 2.62. The van der Waals surface area contributed by atoms with Gasteiger partial charge in [0.05, 0.1) is 11.6 Å². The van der Waals surface area contributed by atoms with Crippen LogP contribution in [0.1, 0.15) is 13.8 Å². The maximum atomic E-state index is 4.50. The van der Waals surface area contributed by atoms with Crippen molar-refractivity contribution in [1.82, 2.24) is 19.7 Å². The number of aryl methyl sites for hydroxylation is 1. The third kappa shape index (κ3) is 2.15. The topological polar surface area (TPSA) is 58.9 Å². The van der Waals surface area contributed by atoms with E-state index in [0.29, 0.717) is 12.0 Å². The Kier molecular flexibility index (Phi) is 2.87. The van der Waals surface area contributed by atoms with E-state index < -0.39 is 0 Å². The minimum absolute atomic E-state index is 0.323. The van der Waals surface area contributed by atoms with Crippen LogP contribution in [-0.4, -0.2) is 39.9 Å². The lowest BCUT2D eigenvalue weighted by molar-refractivity contribution is 0.784. The first kappa shape index (κ1) is 11.6. The highest BCUT2D eigenvalue weighted by molar-refractivity contribution is 5.87. The van der Waals surface area contributed by atoms with E-state index in [4.69, 9.17) is 0 Å².